The van der Waals surface area contributed by atoms with Gasteiger partial charge in [-0.05, 0) is 26.2 Å². The molecule has 19 heavy (non-hydrogen) atoms. The number of nitrogens with zero attached hydrogens (tertiary/aromatic N) is 3. The van der Waals surface area contributed by atoms with Crippen molar-refractivity contribution in [2.24, 2.45) is 0 Å². The third-order valence-electron chi connectivity index (χ3n) is 3.93. The SMILES string of the molecule is CCC1(C(=O)O)CCCN1c1ncnc(OC)c1C. The number of methoxy groups -OCH3 is 1. The van der Waals surface area contributed by atoms with E-state index >= 15 is 0 Å². The lowest BCUT2D eigenvalue weighted by molar-refractivity contribution is -0.143. The highest BCUT2D eigenvalue weighted by atomic mass is 16.5. The number of carboxylic acids is 1. The Hall–Kier alpha value is -1.85. The van der Waals surface area contributed by atoms with E-state index in [1.165, 1.54) is 6.33 Å². The van der Waals surface area contributed by atoms with Crippen LogP contribution in [0.25, 0.3) is 0 Å². The van der Waals surface area contributed by atoms with Crippen molar-refractivity contribution in [2.75, 3.05) is 18.6 Å². The molecule has 0 aromatic carbocycles. The number of rotatable bonds is 4. The van der Waals surface area contributed by atoms with Gasteiger partial charge in [-0.3, -0.25) is 0 Å². The van der Waals surface area contributed by atoms with Crippen LogP contribution in [0.1, 0.15) is 31.7 Å². The number of hydrogen-bond donors (Lipinski definition) is 1. The summed E-state index contributed by atoms with van der Waals surface area (Å²) in [5.74, 6) is 0.366. The van der Waals surface area contributed by atoms with Crippen molar-refractivity contribution in [1.29, 1.82) is 0 Å². The summed E-state index contributed by atoms with van der Waals surface area (Å²) in [4.78, 5) is 21.9. The van der Waals surface area contributed by atoms with Gasteiger partial charge in [-0.25, -0.2) is 14.8 Å². The zero-order chi connectivity index (χ0) is 14.0. The number of carbonyl (C=O) groups is 1. The van der Waals surface area contributed by atoms with Crippen LogP contribution in [0.3, 0.4) is 0 Å². The lowest BCUT2D eigenvalue weighted by atomic mass is 9.93. The van der Waals surface area contributed by atoms with Crippen LogP contribution in [0.2, 0.25) is 0 Å². The van der Waals surface area contributed by atoms with Gasteiger partial charge >= 0.3 is 5.97 Å². The van der Waals surface area contributed by atoms with Crippen LogP contribution in [0, 0.1) is 6.92 Å². The fourth-order valence-electron chi connectivity index (χ4n) is 2.83. The van der Waals surface area contributed by atoms with Gasteiger partial charge in [0.15, 0.2) is 0 Å². The average Bonchev–Trinajstić information content (AvgIpc) is 2.84. The number of aromatic nitrogens is 2. The fourth-order valence-corrected chi connectivity index (χ4v) is 2.83. The Balaban J connectivity index is 2.49. The molecule has 1 atom stereocenters. The van der Waals surface area contributed by atoms with Gasteiger partial charge < -0.3 is 14.7 Å². The third-order valence-corrected chi connectivity index (χ3v) is 3.93. The molecule has 1 aromatic rings. The van der Waals surface area contributed by atoms with Crippen molar-refractivity contribution in [3.63, 3.8) is 0 Å². The minimum absolute atomic E-state index is 0.493. The summed E-state index contributed by atoms with van der Waals surface area (Å²) in [7, 11) is 1.55. The van der Waals surface area contributed by atoms with Crippen LogP contribution in [0.5, 0.6) is 5.88 Å². The molecule has 0 amide bonds. The van der Waals surface area contributed by atoms with E-state index in [0.717, 1.165) is 12.0 Å². The van der Waals surface area contributed by atoms with E-state index in [0.29, 0.717) is 31.1 Å². The minimum atomic E-state index is -0.857. The van der Waals surface area contributed by atoms with E-state index in [9.17, 15) is 9.90 Å². The Morgan fingerprint density at radius 1 is 1.58 bits per heavy atom. The molecule has 1 aliphatic heterocycles. The highest BCUT2D eigenvalue weighted by molar-refractivity contribution is 5.84. The molecule has 0 bridgehead atoms. The molecule has 2 heterocycles. The first-order valence-corrected chi connectivity index (χ1v) is 6.43. The smallest absolute Gasteiger partial charge is 0.329 e. The van der Waals surface area contributed by atoms with E-state index in [2.05, 4.69) is 9.97 Å². The highest BCUT2D eigenvalue weighted by Crippen LogP contribution is 2.38. The summed E-state index contributed by atoms with van der Waals surface area (Å²) in [6, 6.07) is 0. The van der Waals surface area contributed by atoms with E-state index in [-0.39, 0.29) is 0 Å². The van der Waals surface area contributed by atoms with E-state index < -0.39 is 11.5 Å². The van der Waals surface area contributed by atoms with Crippen molar-refractivity contribution in [1.82, 2.24) is 9.97 Å². The lowest BCUT2D eigenvalue weighted by Gasteiger charge is -2.35. The van der Waals surface area contributed by atoms with Gasteiger partial charge in [-0.1, -0.05) is 6.92 Å². The maximum Gasteiger partial charge on any atom is 0.329 e. The predicted molar refractivity (Wildman–Crippen MR) is 70.6 cm³/mol. The first kappa shape index (κ1) is 13.6. The van der Waals surface area contributed by atoms with Crippen molar-refractivity contribution in [3.8, 4) is 5.88 Å². The predicted octanol–water partition coefficient (Wildman–Crippen LogP) is 1.63. The molecule has 0 saturated carbocycles. The highest BCUT2D eigenvalue weighted by Gasteiger charge is 2.47. The molecule has 1 aliphatic rings. The van der Waals surface area contributed by atoms with Crippen LogP contribution in [0.15, 0.2) is 6.33 Å². The van der Waals surface area contributed by atoms with Crippen molar-refractivity contribution in [3.05, 3.63) is 11.9 Å². The summed E-state index contributed by atoms with van der Waals surface area (Å²) in [6.07, 6.45) is 3.46. The quantitative estimate of drug-likeness (QED) is 0.891. The maximum absolute atomic E-state index is 11.7. The van der Waals surface area contributed by atoms with Crippen LogP contribution in [-0.2, 0) is 4.79 Å². The number of aliphatic carboxylic acids is 1. The van der Waals surface area contributed by atoms with Crippen molar-refractivity contribution >= 4 is 11.8 Å². The van der Waals surface area contributed by atoms with Gasteiger partial charge in [0.05, 0.1) is 12.7 Å². The second kappa shape index (κ2) is 5.03. The molecule has 0 radical (unpaired) electrons. The standard InChI is InChI=1S/C13H19N3O3/c1-4-13(12(17)18)6-5-7-16(13)10-9(2)11(19-3)15-8-14-10/h8H,4-7H2,1-3H3,(H,17,18). The molecule has 2 rings (SSSR count). The molecular weight excluding hydrogens is 246 g/mol. The number of ether oxygens (including phenoxy) is 1. The Morgan fingerprint density at radius 3 is 2.89 bits per heavy atom. The third kappa shape index (κ3) is 2.01. The van der Waals surface area contributed by atoms with Gasteiger partial charge in [0, 0.05) is 6.54 Å². The molecule has 0 aliphatic carbocycles. The largest absolute Gasteiger partial charge is 0.481 e. The second-order valence-electron chi connectivity index (χ2n) is 4.78. The van der Waals surface area contributed by atoms with E-state index in [4.69, 9.17) is 4.74 Å². The molecule has 1 N–H and O–H groups in total. The van der Waals surface area contributed by atoms with Crippen LogP contribution in [0.4, 0.5) is 5.82 Å². The normalized spacial score (nSPS) is 22.6. The Morgan fingerprint density at radius 2 is 2.32 bits per heavy atom. The van der Waals surface area contributed by atoms with Gasteiger partial charge in [-0.15, -0.1) is 0 Å². The molecule has 1 unspecified atom stereocenters. The molecule has 1 saturated heterocycles. The molecule has 104 valence electrons. The first-order valence-electron chi connectivity index (χ1n) is 6.43. The van der Waals surface area contributed by atoms with Crippen LogP contribution in [-0.4, -0.2) is 40.2 Å². The maximum atomic E-state index is 11.7. The van der Waals surface area contributed by atoms with E-state index in [1.54, 1.807) is 7.11 Å². The number of carboxylic acid groups (broad SMARTS) is 1. The van der Waals surface area contributed by atoms with E-state index in [1.807, 2.05) is 18.7 Å². The summed E-state index contributed by atoms with van der Waals surface area (Å²) in [5.41, 5.74) is -0.0737. The fraction of sp³-hybridized carbons (Fsp3) is 0.615. The lowest BCUT2D eigenvalue weighted by Crippen LogP contribution is -2.51. The summed E-state index contributed by atoms with van der Waals surface area (Å²) >= 11 is 0. The van der Waals surface area contributed by atoms with Gasteiger partial charge in [-0.2, -0.15) is 0 Å². The van der Waals surface area contributed by atoms with Gasteiger partial charge in [0.1, 0.15) is 17.7 Å². The Kier molecular flexibility index (Phi) is 3.59. The topological polar surface area (TPSA) is 75.5 Å². The molecule has 6 heteroatoms. The molecule has 1 fully saturated rings. The van der Waals surface area contributed by atoms with Gasteiger partial charge in [0.2, 0.25) is 5.88 Å². The zero-order valence-corrected chi connectivity index (χ0v) is 11.5. The monoisotopic (exact) mass is 265 g/mol. The number of hydrogen-bond acceptors (Lipinski definition) is 5. The Labute approximate surface area is 112 Å². The molecule has 0 spiro atoms. The molecule has 1 aromatic heterocycles. The van der Waals surface area contributed by atoms with Crippen LogP contribution >= 0.6 is 0 Å². The minimum Gasteiger partial charge on any atom is -0.481 e. The number of anilines is 1. The van der Waals surface area contributed by atoms with Crippen LogP contribution < -0.4 is 9.64 Å². The molecular formula is C13H19N3O3. The Bertz CT molecular complexity index is 492. The van der Waals surface area contributed by atoms with Crippen molar-refractivity contribution < 1.29 is 14.6 Å². The second-order valence-corrected chi connectivity index (χ2v) is 4.78. The van der Waals surface area contributed by atoms with Crippen molar-refractivity contribution in [2.45, 2.75) is 38.6 Å². The summed E-state index contributed by atoms with van der Waals surface area (Å²) in [5, 5.41) is 9.60. The zero-order valence-electron chi connectivity index (χ0n) is 11.5. The first-order chi connectivity index (χ1) is 9.06. The average molecular weight is 265 g/mol. The summed E-state index contributed by atoms with van der Waals surface area (Å²) < 4.78 is 5.18. The van der Waals surface area contributed by atoms with Gasteiger partial charge in [0.25, 0.3) is 0 Å². The molecule has 6 nitrogen and oxygen atoms in total. The summed E-state index contributed by atoms with van der Waals surface area (Å²) in [6.45, 7) is 4.45.